The van der Waals surface area contributed by atoms with Crippen LogP contribution in [-0.2, 0) is 0 Å². The van der Waals surface area contributed by atoms with E-state index >= 15 is 0 Å². The lowest BCUT2D eigenvalue weighted by Gasteiger charge is -2.13. The van der Waals surface area contributed by atoms with Crippen molar-refractivity contribution in [1.82, 2.24) is 0 Å². The van der Waals surface area contributed by atoms with Gasteiger partial charge < -0.3 is 20.3 Å². The maximum Gasteiger partial charge on any atom is 0.337 e. The minimum absolute atomic E-state index is 0.0178. The Hall–Kier alpha value is -3.80. The molecule has 0 aliphatic carbocycles. The Labute approximate surface area is 155 Å². The fourth-order valence-corrected chi connectivity index (χ4v) is 2.70. The van der Waals surface area contributed by atoms with Gasteiger partial charge in [0.1, 0.15) is 0 Å². The maximum absolute atomic E-state index is 12.6. The number of phenolic OH excluding ortho intramolecular Hbond substituents is 1. The third-order valence-electron chi connectivity index (χ3n) is 4.07. The zero-order valence-electron chi connectivity index (χ0n) is 14.5. The largest absolute Gasteiger partial charge is 0.504 e. The van der Waals surface area contributed by atoms with Crippen LogP contribution < -0.4 is 10.1 Å². The van der Waals surface area contributed by atoms with Crippen molar-refractivity contribution in [2.24, 2.45) is 0 Å². The number of hydrogen-bond acceptors (Lipinski definition) is 4. The van der Waals surface area contributed by atoms with Crippen LogP contribution in [0.1, 0.15) is 20.7 Å². The van der Waals surface area contributed by atoms with Gasteiger partial charge in [-0.1, -0.05) is 42.5 Å². The van der Waals surface area contributed by atoms with Crippen molar-refractivity contribution in [3.63, 3.8) is 0 Å². The summed E-state index contributed by atoms with van der Waals surface area (Å²) >= 11 is 0. The van der Waals surface area contributed by atoms with Gasteiger partial charge in [-0.3, -0.25) is 4.79 Å². The van der Waals surface area contributed by atoms with Crippen LogP contribution in [0.4, 0.5) is 5.69 Å². The summed E-state index contributed by atoms with van der Waals surface area (Å²) in [5.74, 6) is -1.97. The predicted octanol–water partition coefficient (Wildman–Crippen LogP) is 4.02. The first-order chi connectivity index (χ1) is 13.0. The third-order valence-corrected chi connectivity index (χ3v) is 4.07. The Morgan fingerprint density at radius 3 is 2.30 bits per heavy atom. The van der Waals surface area contributed by atoms with E-state index in [0.29, 0.717) is 0 Å². The second-order valence-electron chi connectivity index (χ2n) is 5.74. The molecule has 3 N–H and O–H groups in total. The van der Waals surface area contributed by atoms with Crippen LogP contribution in [0.3, 0.4) is 0 Å². The van der Waals surface area contributed by atoms with Gasteiger partial charge in [0.2, 0.25) is 0 Å². The zero-order valence-corrected chi connectivity index (χ0v) is 14.5. The van der Waals surface area contributed by atoms with Crippen molar-refractivity contribution < 1.29 is 24.5 Å². The molecule has 0 aliphatic rings. The lowest BCUT2D eigenvalue weighted by molar-refractivity contribution is 0.0698. The Bertz CT molecular complexity index is 999. The van der Waals surface area contributed by atoms with Crippen molar-refractivity contribution >= 4 is 17.6 Å². The van der Waals surface area contributed by atoms with Crippen LogP contribution in [0.2, 0.25) is 0 Å². The van der Waals surface area contributed by atoms with Gasteiger partial charge in [-0.2, -0.15) is 0 Å². The van der Waals surface area contributed by atoms with Gasteiger partial charge in [-0.25, -0.2) is 4.79 Å². The molecule has 0 bridgehead atoms. The van der Waals surface area contributed by atoms with E-state index < -0.39 is 11.9 Å². The first-order valence-electron chi connectivity index (χ1n) is 8.11. The summed E-state index contributed by atoms with van der Waals surface area (Å²) in [6, 6.07) is 18.6. The van der Waals surface area contributed by atoms with Crippen LogP contribution >= 0.6 is 0 Å². The van der Waals surface area contributed by atoms with Crippen LogP contribution in [0.15, 0.2) is 66.7 Å². The number of hydrogen-bond donors (Lipinski definition) is 3. The molecule has 27 heavy (non-hydrogen) atoms. The summed E-state index contributed by atoms with van der Waals surface area (Å²) in [5.41, 5.74) is 1.71. The van der Waals surface area contributed by atoms with Gasteiger partial charge in [0, 0.05) is 0 Å². The summed E-state index contributed by atoms with van der Waals surface area (Å²) in [5, 5.41) is 22.1. The molecule has 0 heterocycles. The standard InChI is InChI=1S/C21H17NO5/c1-27-18-9-5-8-16(19(18)23)20(24)22-17-12-14(10-11-15(17)21(25)26)13-6-3-2-4-7-13/h2-12,23H,1H3,(H,22,24)(H,25,26). The van der Waals surface area contributed by atoms with Gasteiger partial charge in [-0.15, -0.1) is 0 Å². The number of amides is 1. The smallest absolute Gasteiger partial charge is 0.337 e. The summed E-state index contributed by atoms with van der Waals surface area (Å²) in [6.07, 6.45) is 0. The second-order valence-corrected chi connectivity index (χ2v) is 5.74. The average molecular weight is 363 g/mol. The lowest BCUT2D eigenvalue weighted by atomic mass is 10.0. The monoisotopic (exact) mass is 363 g/mol. The molecule has 6 heteroatoms. The molecule has 0 aliphatic heterocycles. The summed E-state index contributed by atoms with van der Waals surface area (Å²) < 4.78 is 5.00. The molecule has 0 saturated heterocycles. The number of aromatic hydroxyl groups is 1. The number of para-hydroxylation sites is 1. The Balaban J connectivity index is 2.00. The Morgan fingerprint density at radius 2 is 1.63 bits per heavy atom. The Kier molecular flexibility index (Phi) is 5.08. The van der Waals surface area contributed by atoms with Crippen LogP contribution in [0.25, 0.3) is 11.1 Å². The van der Waals surface area contributed by atoms with E-state index in [1.807, 2.05) is 30.3 Å². The molecular formula is C21H17NO5. The van der Waals surface area contributed by atoms with Gasteiger partial charge in [0.15, 0.2) is 11.5 Å². The third kappa shape index (κ3) is 3.74. The topological polar surface area (TPSA) is 95.9 Å². The number of carbonyl (C=O) groups excluding carboxylic acids is 1. The summed E-state index contributed by atoms with van der Waals surface area (Å²) in [6.45, 7) is 0. The van der Waals surface area contributed by atoms with E-state index in [4.69, 9.17) is 4.74 Å². The number of nitrogens with one attached hydrogen (secondary N) is 1. The zero-order chi connectivity index (χ0) is 19.4. The SMILES string of the molecule is COc1cccc(C(=O)Nc2cc(-c3ccccc3)ccc2C(=O)O)c1O. The number of carbonyl (C=O) groups is 2. The molecule has 0 atom stereocenters. The van der Waals surface area contributed by atoms with Gasteiger partial charge in [0.25, 0.3) is 5.91 Å². The van der Waals surface area contributed by atoms with E-state index in [1.165, 1.54) is 25.3 Å². The van der Waals surface area contributed by atoms with Crippen molar-refractivity contribution in [3.8, 4) is 22.6 Å². The van der Waals surface area contributed by atoms with Crippen molar-refractivity contribution in [2.75, 3.05) is 12.4 Å². The van der Waals surface area contributed by atoms with Crippen molar-refractivity contribution in [3.05, 3.63) is 77.9 Å². The number of methoxy groups -OCH3 is 1. The first-order valence-corrected chi connectivity index (χ1v) is 8.11. The number of aromatic carboxylic acids is 1. The number of carboxylic acids is 1. The highest BCUT2D eigenvalue weighted by Crippen LogP contribution is 2.31. The minimum Gasteiger partial charge on any atom is -0.504 e. The van der Waals surface area contributed by atoms with E-state index in [-0.39, 0.29) is 28.3 Å². The fraction of sp³-hybridized carbons (Fsp3) is 0.0476. The van der Waals surface area contributed by atoms with Crippen molar-refractivity contribution in [2.45, 2.75) is 0 Å². The summed E-state index contributed by atoms with van der Waals surface area (Å²) in [7, 11) is 1.38. The number of carboxylic acid groups (broad SMARTS) is 1. The molecule has 0 radical (unpaired) electrons. The molecule has 3 aromatic carbocycles. The molecule has 136 valence electrons. The molecule has 0 fully saturated rings. The fourth-order valence-electron chi connectivity index (χ4n) is 2.70. The molecular weight excluding hydrogens is 346 g/mol. The highest BCUT2D eigenvalue weighted by Gasteiger charge is 2.18. The summed E-state index contributed by atoms with van der Waals surface area (Å²) in [4.78, 5) is 24.1. The molecule has 0 saturated carbocycles. The number of rotatable bonds is 5. The number of ether oxygens (including phenoxy) is 1. The second kappa shape index (κ2) is 7.61. The average Bonchev–Trinajstić information content (AvgIpc) is 2.68. The maximum atomic E-state index is 12.6. The van der Waals surface area contributed by atoms with Crippen LogP contribution in [0.5, 0.6) is 11.5 Å². The molecule has 0 unspecified atom stereocenters. The predicted molar refractivity (Wildman–Crippen MR) is 101 cm³/mol. The van der Waals surface area contributed by atoms with E-state index in [1.54, 1.807) is 18.2 Å². The molecule has 3 aromatic rings. The molecule has 0 aromatic heterocycles. The van der Waals surface area contributed by atoms with E-state index in [9.17, 15) is 19.8 Å². The van der Waals surface area contributed by atoms with Crippen LogP contribution in [0, 0.1) is 0 Å². The van der Waals surface area contributed by atoms with Gasteiger partial charge in [0.05, 0.1) is 23.9 Å². The van der Waals surface area contributed by atoms with E-state index in [0.717, 1.165) is 11.1 Å². The first kappa shape index (κ1) is 18.0. The van der Waals surface area contributed by atoms with Crippen LogP contribution in [-0.4, -0.2) is 29.2 Å². The molecule has 1 amide bonds. The quantitative estimate of drug-likeness (QED) is 0.636. The van der Waals surface area contributed by atoms with Gasteiger partial charge in [-0.05, 0) is 35.4 Å². The number of phenols is 1. The lowest BCUT2D eigenvalue weighted by Crippen LogP contribution is -2.15. The molecule has 6 nitrogen and oxygen atoms in total. The Morgan fingerprint density at radius 1 is 0.889 bits per heavy atom. The minimum atomic E-state index is -1.17. The normalized spacial score (nSPS) is 10.3. The highest BCUT2D eigenvalue weighted by molar-refractivity contribution is 6.09. The van der Waals surface area contributed by atoms with E-state index in [2.05, 4.69) is 5.32 Å². The van der Waals surface area contributed by atoms with Gasteiger partial charge >= 0.3 is 5.97 Å². The molecule has 3 rings (SSSR count). The highest BCUT2D eigenvalue weighted by atomic mass is 16.5. The number of benzene rings is 3. The van der Waals surface area contributed by atoms with Crippen molar-refractivity contribution in [1.29, 1.82) is 0 Å². The number of anilines is 1. The molecule has 0 spiro atoms.